The number of rotatable bonds is 2. The van der Waals surface area contributed by atoms with E-state index in [2.05, 4.69) is 0 Å². The van der Waals surface area contributed by atoms with Crippen molar-refractivity contribution in [2.75, 3.05) is 0 Å². The fraction of sp³-hybridized carbons (Fsp3) is 0.222. The van der Waals surface area contributed by atoms with Gasteiger partial charge in [0.05, 0.1) is 0 Å². The molecule has 4 heteroatoms. The van der Waals surface area contributed by atoms with E-state index < -0.39 is 12.0 Å². The molecule has 0 fully saturated rings. The Bertz CT molecular complexity index is 338. The van der Waals surface area contributed by atoms with E-state index in [1.807, 2.05) is 0 Å². The van der Waals surface area contributed by atoms with Crippen molar-refractivity contribution in [3.8, 4) is 0 Å². The number of hydrogen-bond donors (Lipinski definition) is 2. The van der Waals surface area contributed by atoms with E-state index in [0.717, 1.165) is 5.56 Å². The number of halogens is 1. The minimum atomic E-state index is -1.08. The van der Waals surface area contributed by atoms with Crippen LogP contribution in [0.2, 0.25) is 5.02 Å². The first-order valence-electron chi connectivity index (χ1n) is 3.77. The summed E-state index contributed by atoms with van der Waals surface area (Å²) in [5.74, 6) is -1.08. The summed E-state index contributed by atoms with van der Waals surface area (Å²) in [5, 5.41) is 9.10. The predicted octanol–water partition coefficient (Wildman–Crippen LogP) is 1.73. The number of aryl methyl sites for hydroxylation is 1. The first-order chi connectivity index (χ1) is 6.04. The molecule has 1 aromatic rings. The highest BCUT2D eigenvalue weighted by molar-refractivity contribution is 6.32. The maximum atomic E-state index is 10.6. The van der Waals surface area contributed by atoms with Crippen LogP contribution in [0.3, 0.4) is 0 Å². The largest absolute Gasteiger partial charge is 0.480 e. The third kappa shape index (κ3) is 1.99. The van der Waals surface area contributed by atoms with Crippen LogP contribution in [0.4, 0.5) is 0 Å². The van der Waals surface area contributed by atoms with Gasteiger partial charge in [0.2, 0.25) is 0 Å². The third-order valence-electron chi connectivity index (χ3n) is 1.82. The molecule has 0 aliphatic heterocycles. The Balaban J connectivity index is 3.15. The Hall–Kier alpha value is -1.06. The molecule has 0 unspecified atom stereocenters. The van der Waals surface area contributed by atoms with E-state index in [4.69, 9.17) is 22.4 Å². The van der Waals surface area contributed by atoms with E-state index in [1.54, 1.807) is 25.1 Å². The lowest BCUT2D eigenvalue weighted by atomic mass is 10.1. The summed E-state index contributed by atoms with van der Waals surface area (Å²) in [4.78, 5) is 10.6. The van der Waals surface area contributed by atoms with E-state index >= 15 is 0 Å². The number of carboxylic acids is 1. The van der Waals surface area contributed by atoms with Crippen molar-refractivity contribution in [1.29, 1.82) is 0 Å². The minimum Gasteiger partial charge on any atom is -0.480 e. The Labute approximate surface area is 81.1 Å². The van der Waals surface area contributed by atoms with Crippen LogP contribution in [0.25, 0.3) is 0 Å². The van der Waals surface area contributed by atoms with Crippen LogP contribution in [-0.2, 0) is 4.79 Å². The predicted molar refractivity (Wildman–Crippen MR) is 50.8 cm³/mol. The standard InChI is InChI=1S/C9H10ClNO2/c1-5-3-2-4-6(7(5)10)8(11)9(12)13/h2-4,8H,11H2,1H3,(H,12,13)/t8-/m0/s1. The zero-order valence-corrected chi connectivity index (χ0v) is 7.88. The van der Waals surface area contributed by atoms with Gasteiger partial charge in [0.1, 0.15) is 6.04 Å². The van der Waals surface area contributed by atoms with Crippen molar-refractivity contribution >= 4 is 17.6 Å². The molecule has 0 amide bonds. The van der Waals surface area contributed by atoms with E-state index in [9.17, 15) is 4.79 Å². The summed E-state index contributed by atoms with van der Waals surface area (Å²) in [6, 6.07) is 4.11. The van der Waals surface area contributed by atoms with Crippen molar-refractivity contribution in [2.24, 2.45) is 5.73 Å². The molecule has 1 rings (SSSR count). The molecular formula is C9H10ClNO2. The summed E-state index contributed by atoms with van der Waals surface area (Å²) in [5.41, 5.74) is 6.71. The first kappa shape index (κ1) is 10.0. The molecular weight excluding hydrogens is 190 g/mol. The number of aliphatic carboxylic acids is 1. The second-order valence-corrected chi connectivity index (χ2v) is 3.17. The topological polar surface area (TPSA) is 63.3 Å². The van der Waals surface area contributed by atoms with Gasteiger partial charge >= 0.3 is 5.97 Å². The Morgan fingerprint density at radius 2 is 2.23 bits per heavy atom. The molecule has 70 valence electrons. The highest BCUT2D eigenvalue weighted by atomic mass is 35.5. The van der Waals surface area contributed by atoms with Crippen LogP contribution in [0, 0.1) is 6.92 Å². The van der Waals surface area contributed by atoms with Crippen LogP contribution in [-0.4, -0.2) is 11.1 Å². The molecule has 1 aromatic carbocycles. The van der Waals surface area contributed by atoms with Crippen molar-refractivity contribution in [3.05, 3.63) is 34.3 Å². The normalized spacial score (nSPS) is 12.5. The van der Waals surface area contributed by atoms with Crippen LogP contribution in [0.5, 0.6) is 0 Å². The number of nitrogens with two attached hydrogens (primary N) is 1. The van der Waals surface area contributed by atoms with Crippen LogP contribution in [0.15, 0.2) is 18.2 Å². The van der Waals surface area contributed by atoms with Crippen LogP contribution >= 0.6 is 11.6 Å². The Kier molecular flexibility index (Phi) is 2.90. The van der Waals surface area contributed by atoms with Gasteiger partial charge in [0.15, 0.2) is 0 Å². The van der Waals surface area contributed by atoms with Gasteiger partial charge in [-0.05, 0) is 18.1 Å². The van der Waals surface area contributed by atoms with Crippen LogP contribution < -0.4 is 5.73 Å². The van der Waals surface area contributed by atoms with Gasteiger partial charge in [-0.1, -0.05) is 29.8 Å². The van der Waals surface area contributed by atoms with Gasteiger partial charge < -0.3 is 10.8 Å². The molecule has 0 aliphatic carbocycles. The van der Waals surface area contributed by atoms with Crippen LogP contribution in [0.1, 0.15) is 17.2 Å². The molecule has 13 heavy (non-hydrogen) atoms. The summed E-state index contributed by atoms with van der Waals surface area (Å²) >= 11 is 5.89. The molecule has 0 bridgehead atoms. The SMILES string of the molecule is Cc1cccc([C@H](N)C(=O)O)c1Cl. The molecule has 0 heterocycles. The average molecular weight is 200 g/mol. The molecule has 0 aromatic heterocycles. The smallest absolute Gasteiger partial charge is 0.325 e. The Morgan fingerprint density at radius 1 is 1.62 bits per heavy atom. The zero-order chi connectivity index (χ0) is 10.0. The highest BCUT2D eigenvalue weighted by Gasteiger charge is 2.17. The van der Waals surface area contributed by atoms with Gasteiger partial charge in [-0.15, -0.1) is 0 Å². The molecule has 0 spiro atoms. The van der Waals surface area contributed by atoms with Gasteiger partial charge in [-0.25, -0.2) is 0 Å². The monoisotopic (exact) mass is 199 g/mol. The third-order valence-corrected chi connectivity index (χ3v) is 2.34. The highest BCUT2D eigenvalue weighted by Crippen LogP contribution is 2.24. The van der Waals surface area contributed by atoms with Gasteiger partial charge in [-0.2, -0.15) is 0 Å². The van der Waals surface area contributed by atoms with E-state index in [0.29, 0.717) is 10.6 Å². The van der Waals surface area contributed by atoms with Crippen molar-refractivity contribution < 1.29 is 9.90 Å². The quantitative estimate of drug-likeness (QED) is 0.763. The minimum absolute atomic E-state index is 0.428. The molecule has 0 saturated heterocycles. The zero-order valence-electron chi connectivity index (χ0n) is 7.12. The van der Waals surface area contributed by atoms with E-state index in [1.165, 1.54) is 0 Å². The van der Waals surface area contributed by atoms with Gasteiger partial charge in [-0.3, -0.25) is 4.79 Å². The maximum Gasteiger partial charge on any atom is 0.325 e. The number of carbonyl (C=O) groups is 1. The summed E-state index contributed by atoms with van der Waals surface area (Å²) in [6.07, 6.45) is 0. The molecule has 1 atom stereocenters. The lowest BCUT2D eigenvalue weighted by Crippen LogP contribution is -2.21. The van der Waals surface area contributed by atoms with Crippen molar-refractivity contribution in [2.45, 2.75) is 13.0 Å². The number of benzene rings is 1. The molecule has 3 nitrogen and oxygen atoms in total. The maximum absolute atomic E-state index is 10.6. The number of hydrogen-bond acceptors (Lipinski definition) is 2. The van der Waals surface area contributed by atoms with Gasteiger partial charge in [0.25, 0.3) is 0 Å². The fourth-order valence-corrected chi connectivity index (χ4v) is 1.29. The lowest BCUT2D eigenvalue weighted by molar-refractivity contribution is -0.138. The van der Waals surface area contributed by atoms with Gasteiger partial charge in [0, 0.05) is 5.02 Å². The number of carboxylic acid groups (broad SMARTS) is 1. The lowest BCUT2D eigenvalue weighted by Gasteiger charge is -2.10. The van der Waals surface area contributed by atoms with Crippen molar-refractivity contribution in [3.63, 3.8) is 0 Å². The molecule has 0 radical (unpaired) electrons. The Morgan fingerprint density at radius 3 is 2.77 bits per heavy atom. The molecule has 0 saturated carbocycles. The fourth-order valence-electron chi connectivity index (χ4n) is 1.04. The molecule has 0 aliphatic rings. The average Bonchev–Trinajstić information content (AvgIpc) is 2.08. The summed E-state index contributed by atoms with van der Waals surface area (Å²) < 4.78 is 0. The molecule has 3 N–H and O–H groups in total. The van der Waals surface area contributed by atoms with Crippen molar-refractivity contribution in [1.82, 2.24) is 0 Å². The first-order valence-corrected chi connectivity index (χ1v) is 4.15. The summed E-state index contributed by atoms with van der Waals surface area (Å²) in [6.45, 7) is 1.81. The second kappa shape index (κ2) is 3.77. The second-order valence-electron chi connectivity index (χ2n) is 2.79. The summed E-state index contributed by atoms with van der Waals surface area (Å²) in [7, 11) is 0. The van der Waals surface area contributed by atoms with E-state index in [-0.39, 0.29) is 0 Å².